The number of carbonyl (C=O) groups excluding carboxylic acids is 1. The van der Waals surface area contributed by atoms with E-state index in [1.807, 2.05) is 31.1 Å². The molecule has 1 fully saturated rings. The fraction of sp³-hybridized carbons (Fsp3) is 0.435. The average molecular weight is 453 g/mol. The van der Waals surface area contributed by atoms with Gasteiger partial charge in [-0.15, -0.1) is 0 Å². The third kappa shape index (κ3) is 4.89. The summed E-state index contributed by atoms with van der Waals surface area (Å²) in [6, 6.07) is 0.213. The maximum Gasteiger partial charge on any atom is 0.319 e. The van der Waals surface area contributed by atoms with Crippen LogP contribution in [-0.4, -0.2) is 62.8 Å². The summed E-state index contributed by atoms with van der Waals surface area (Å²) in [6.07, 6.45) is 10.3. The van der Waals surface area contributed by atoms with Gasteiger partial charge in [0.1, 0.15) is 11.6 Å². The van der Waals surface area contributed by atoms with E-state index in [0.717, 1.165) is 35.7 Å². The fourth-order valence-corrected chi connectivity index (χ4v) is 4.07. The quantitative estimate of drug-likeness (QED) is 0.504. The van der Waals surface area contributed by atoms with Gasteiger partial charge in [-0.05, 0) is 32.8 Å². The second-order valence-corrected chi connectivity index (χ2v) is 7.97. The molecular formula is C23H28N6O4. The lowest BCUT2D eigenvalue weighted by Crippen LogP contribution is -2.37. The molecule has 10 heteroatoms. The van der Waals surface area contributed by atoms with Gasteiger partial charge in [0.05, 0.1) is 32.0 Å². The highest BCUT2D eigenvalue weighted by Crippen LogP contribution is 2.28. The van der Waals surface area contributed by atoms with E-state index in [1.54, 1.807) is 12.3 Å². The molecule has 4 heterocycles. The van der Waals surface area contributed by atoms with E-state index >= 15 is 0 Å². The van der Waals surface area contributed by atoms with Crippen molar-refractivity contribution in [2.75, 3.05) is 27.3 Å². The largest absolute Gasteiger partial charge is 0.480 e. The molecule has 1 saturated heterocycles. The Bertz CT molecular complexity index is 1120. The molecule has 1 aliphatic heterocycles. The number of aryl methyl sites for hydroxylation is 2. The lowest BCUT2D eigenvalue weighted by molar-refractivity contribution is -0.127. The molecule has 0 atom stereocenters. The van der Waals surface area contributed by atoms with E-state index in [-0.39, 0.29) is 11.9 Å². The van der Waals surface area contributed by atoms with Crippen molar-refractivity contribution in [3.05, 3.63) is 53.1 Å². The number of imidazole rings is 1. The zero-order valence-corrected chi connectivity index (χ0v) is 19.3. The van der Waals surface area contributed by atoms with E-state index in [0.29, 0.717) is 37.0 Å². The molecule has 33 heavy (non-hydrogen) atoms. The number of rotatable bonds is 7. The van der Waals surface area contributed by atoms with Gasteiger partial charge in [-0.1, -0.05) is 5.16 Å². The maximum atomic E-state index is 12.7. The minimum absolute atomic E-state index is 0.0506. The third-order valence-corrected chi connectivity index (χ3v) is 5.97. The molecule has 1 aliphatic rings. The Balaban J connectivity index is 1.37. The van der Waals surface area contributed by atoms with E-state index in [1.165, 1.54) is 20.3 Å². The first-order valence-electron chi connectivity index (χ1n) is 10.8. The molecular weight excluding hydrogens is 424 g/mol. The van der Waals surface area contributed by atoms with Gasteiger partial charge < -0.3 is 23.5 Å². The molecule has 10 nitrogen and oxygen atoms in total. The van der Waals surface area contributed by atoms with E-state index in [2.05, 4.69) is 24.7 Å². The maximum absolute atomic E-state index is 12.7. The first kappa shape index (κ1) is 22.5. The van der Waals surface area contributed by atoms with Crippen molar-refractivity contribution in [3.63, 3.8) is 0 Å². The minimum atomic E-state index is -0.0506. The van der Waals surface area contributed by atoms with Crippen LogP contribution >= 0.6 is 0 Å². The summed E-state index contributed by atoms with van der Waals surface area (Å²) >= 11 is 0. The van der Waals surface area contributed by atoms with Crippen molar-refractivity contribution in [1.82, 2.24) is 29.6 Å². The van der Waals surface area contributed by atoms with Gasteiger partial charge in [-0.2, -0.15) is 4.98 Å². The topological polar surface area (TPSA) is 108 Å². The predicted octanol–water partition coefficient (Wildman–Crippen LogP) is 2.76. The van der Waals surface area contributed by atoms with Crippen LogP contribution in [-0.2, 0) is 11.3 Å². The number of amides is 1. The first-order valence-corrected chi connectivity index (χ1v) is 10.8. The van der Waals surface area contributed by atoms with E-state index in [9.17, 15) is 4.79 Å². The van der Waals surface area contributed by atoms with E-state index < -0.39 is 0 Å². The molecule has 0 unspecified atom stereocenters. The van der Waals surface area contributed by atoms with Gasteiger partial charge in [0.2, 0.25) is 11.8 Å². The number of carbonyl (C=O) groups is 1. The molecule has 3 aromatic heterocycles. The number of hydrogen-bond donors (Lipinski definition) is 0. The Labute approximate surface area is 192 Å². The van der Waals surface area contributed by atoms with Gasteiger partial charge in [0.25, 0.3) is 0 Å². The third-order valence-electron chi connectivity index (χ3n) is 5.97. The van der Waals surface area contributed by atoms with Crippen LogP contribution in [0.25, 0.3) is 6.08 Å². The normalized spacial score (nSPS) is 14.7. The molecule has 4 rings (SSSR count). The summed E-state index contributed by atoms with van der Waals surface area (Å²) in [6.45, 7) is 5.90. The average Bonchev–Trinajstić information content (AvgIpc) is 3.44. The van der Waals surface area contributed by atoms with Crippen LogP contribution in [0, 0.1) is 13.8 Å². The highest BCUT2D eigenvalue weighted by Gasteiger charge is 2.26. The second-order valence-electron chi connectivity index (χ2n) is 7.97. The summed E-state index contributed by atoms with van der Waals surface area (Å²) in [5, 5.41) is 4.05. The lowest BCUT2D eigenvalue weighted by Gasteiger charge is -2.31. The molecule has 0 saturated carbocycles. The molecule has 3 aromatic rings. The van der Waals surface area contributed by atoms with Crippen molar-refractivity contribution in [3.8, 4) is 11.9 Å². The zero-order valence-electron chi connectivity index (χ0n) is 19.3. The summed E-state index contributed by atoms with van der Waals surface area (Å²) in [7, 11) is 3.00. The van der Waals surface area contributed by atoms with Crippen LogP contribution in [0.15, 0.2) is 29.2 Å². The molecule has 0 spiro atoms. The number of ether oxygens (including phenoxy) is 2. The van der Waals surface area contributed by atoms with Crippen LogP contribution in [0.1, 0.15) is 47.2 Å². The summed E-state index contributed by atoms with van der Waals surface area (Å²) < 4.78 is 17.7. The monoisotopic (exact) mass is 452 g/mol. The molecule has 0 N–H and O–H groups in total. The SMILES string of the molecule is COc1ncc(C=CC(=O)N2CCC(c3nccn3Cc3c(C)noc3C)CC2)c(OC)n1. The van der Waals surface area contributed by atoms with Crippen molar-refractivity contribution in [2.24, 2.45) is 0 Å². The fourth-order valence-electron chi connectivity index (χ4n) is 4.07. The number of hydrogen-bond acceptors (Lipinski definition) is 8. The highest BCUT2D eigenvalue weighted by molar-refractivity contribution is 5.92. The number of methoxy groups -OCH3 is 2. The zero-order chi connectivity index (χ0) is 23.4. The molecule has 0 bridgehead atoms. The number of nitrogens with zero attached hydrogens (tertiary/aromatic N) is 6. The molecule has 0 aromatic carbocycles. The van der Waals surface area contributed by atoms with Gasteiger partial charge in [0.15, 0.2) is 0 Å². The molecule has 174 valence electrons. The highest BCUT2D eigenvalue weighted by atomic mass is 16.5. The first-order chi connectivity index (χ1) is 16.0. The van der Waals surface area contributed by atoms with Gasteiger partial charge in [-0.3, -0.25) is 4.79 Å². The van der Waals surface area contributed by atoms with Crippen LogP contribution < -0.4 is 9.47 Å². The standard InChI is InChI=1S/C23H28N6O4/c1-15-19(16(2)33-27-15)14-29-12-9-24-21(29)17-7-10-28(11-8-17)20(30)6-5-18-13-25-23(32-4)26-22(18)31-3/h5-6,9,12-13,17H,7-8,10-11,14H2,1-4H3. The Kier molecular flexibility index (Phi) is 6.71. The molecule has 0 aliphatic carbocycles. The summed E-state index contributed by atoms with van der Waals surface area (Å²) in [5.74, 6) is 2.47. The minimum Gasteiger partial charge on any atom is -0.480 e. The molecule has 0 radical (unpaired) electrons. The van der Waals surface area contributed by atoms with Crippen molar-refractivity contribution >= 4 is 12.0 Å². The Morgan fingerprint density at radius 1 is 1.21 bits per heavy atom. The van der Waals surface area contributed by atoms with Gasteiger partial charge in [-0.25, -0.2) is 9.97 Å². The van der Waals surface area contributed by atoms with Gasteiger partial charge >= 0.3 is 6.01 Å². The predicted molar refractivity (Wildman–Crippen MR) is 120 cm³/mol. The van der Waals surface area contributed by atoms with Crippen molar-refractivity contribution < 1.29 is 18.8 Å². The number of aromatic nitrogens is 5. The lowest BCUT2D eigenvalue weighted by atomic mass is 9.95. The van der Waals surface area contributed by atoms with Gasteiger partial charge in [0, 0.05) is 49.2 Å². The Hall–Kier alpha value is -3.69. The van der Waals surface area contributed by atoms with Crippen LogP contribution in [0.2, 0.25) is 0 Å². The van der Waals surface area contributed by atoms with Crippen molar-refractivity contribution in [1.29, 1.82) is 0 Å². The number of likely N-dealkylation sites (tertiary alicyclic amines) is 1. The van der Waals surface area contributed by atoms with Crippen LogP contribution in [0.5, 0.6) is 11.9 Å². The Morgan fingerprint density at radius 2 is 2.00 bits per heavy atom. The smallest absolute Gasteiger partial charge is 0.319 e. The summed E-state index contributed by atoms with van der Waals surface area (Å²) in [4.78, 5) is 27.4. The summed E-state index contributed by atoms with van der Waals surface area (Å²) in [5.41, 5.74) is 2.60. The van der Waals surface area contributed by atoms with Crippen LogP contribution in [0.3, 0.4) is 0 Å². The Morgan fingerprint density at radius 3 is 2.67 bits per heavy atom. The number of piperidine rings is 1. The second kappa shape index (κ2) is 9.85. The van der Waals surface area contributed by atoms with Crippen LogP contribution in [0.4, 0.5) is 0 Å². The van der Waals surface area contributed by atoms with Crippen molar-refractivity contribution in [2.45, 2.75) is 39.2 Å². The van der Waals surface area contributed by atoms with E-state index in [4.69, 9.17) is 14.0 Å². The molecule has 1 amide bonds.